The van der Waals surface area contributed by atoms with Crippen molar-refractivity contribution in [2.45, 2.75) is 5.92 Å². The van der Waals surface area contributed by atoms with E-state index >= 15 is 0 Å². The number of thiazole rings is 1. The van der Waals surface area contributed by atoms with Crippen molar-refractivity contribution in [1.82, 2.24) is 4.98 Å². The van der Waals surface area contributed by atoms with Crippen molar-refractivity contribution in [1.29, 1.82) is 0 Å². The van der Waals surface area contributed by atoms with Crippen molar-refractivity contribution in [3.63, 3.8) is 0 Å². The number of alkyl halides is 1. The molecule has 17 heavy (non-hydrogen) atoms. The SMILES string of the molecule is O=C(CCl)Nc1nc(C(C(=O)O)C(=O)O)cs1. The number of aliphatic carboxylic acids is 2. The van der Waals surface area contributed by atoms with E-state index in [1.165, 1.54) is 5.38 Å². The predicted molar refractivity (Wildman–Crippen MR) is 59.5 cm³/mol. The smallest absolute Gasteiger partial charge is 0.324 e. The third kappa shape index (κ3) is 3.40. The summed E-state index contributed by atoms with van der Waals surface area (Å²) in [5.41, 5.74) is -0.139. The number of nitrogens with zero attached hydrogens (tertiary/aromatic N) is 1. The van der Waals surface area contributed by atoms with Crippen LogP contribution in [0.1, 0.15) is 11.6 Å². The van der Waals surface area contributed by atoms with Gasteiger partial charge in [-0.2, -0.15) is 0 Å². The first-order valence-corrected chi connectivity index (χ1v) is 5.64. The number of rotatable bonds is 5. The van der Waals surface area contributed by atoms with Crippen LogP contribution in [0.5, 0.6) is 0 Å². The first kappa shape index (κ1) is 13.4. The van der Waals surface area contributed by atoms with Gasteiger partial charge in [-0.1, -0.05) is 0 Å². The van der Waals surface area contributed by atoms with E-state index in [-0.39, 0.29) is 16.7 Å². The van der Waals surface area contributed by atoms with Gasteiger partial charge >= 0.3 is 11.9 Å². The lowest BCUT2D eigenvalue weighted by Gasteiger charge is -2.02. The lowest BCUT2D eigenvalue weighted by Crippen LogP contribution is -2.21. The number of carboxylic acid groups (broad SMARTS) is 2. The summed E-state index contributed by atoms with van der Waals surface area (Å²) in [4.78, 5) is 36.0. The highest BCUT2D eigenvalue weighted by atomic mass is 35.5. The molecule has 1 amide bonds. The van der Waals surface area contributed by atoms with Crippen LogP contribution in [0.4, 0.5) is 5.13 Å². The molecule has 0 aliphatic carbocycles. The molecule has 3 N–H and O–H groups in total. The average Bonchev–Trinajstić information content (AvgIpc) is 2.64. The third-order valence-electron chi connectivity index (χ3n) is 1.68. The maximum atomic E-state index is 10.9. The molecule has 0 aromatic carbocycles. The molecule has 9 heteroatoms. The number of hydrogen-bond donors (Lipinski definition) is 3. The lowest BCUT2D eigenvalue weighted by molar-refractivity contribution is -0.150. The van der Waals surface area contributed by atoms with Gasteiger partial charge in [0.1, 0.15) is 5.88 Å². The molecule has 7 nitrogen and oxygen atoms in total. The summed E-state index contributed by atoms with van der Waals surface area (Å²) in [6, 6.07) is 0. The summed E-state index contributed by atoms with van der Waals surface area (Å²) in [6.45, 7) is 0. The monoisotopic (exact) mass is 278 g/mol. The Morgan fingerprint density at radius 2 is 2.00 bits per heavy atom. The van der Waals surface area contributed by atoms with Crippen LogP contribution in [-0.4, -0.2) is 38.9 Å². The number of aromatic nitrogens is 1. The Hall–Kier alpha value is -1.67. The fraction of sp³-hybridized carbons (Fsp3) is 0.250. The highest BCUT2D eigenvalue weighted by molar-refractivity contribution is 7.14. The van der Waals surface area contributed by atoms with E-state index in [4.69, 9.17) is 21.8 Å². The quantitative estimate of drug-likeness (QED) is 0.535. The van der Waals surface area contributed by atoms with Gasteiger partial charge in [0.05, 0.1) is 5.69 Å². The van der Waals surface area contributed by atoms with Gasteiger partial charge in [-0.3, -0.25) is 14.4 Å². The van der Waals surface area contributed by atoms with E-state index in [1.807, 2.05) is 0 Å². The second-order valence-corrected chi connectivity index (χ2v) is 3.99. The number of hydrogen-bond acceptors (Lipinski definition) is 5. The van der Waals surface area contributed by atoms with E-state index < -0.39 is 23.8 Å². The fourth-order valence-corrected chi connectivity index (χ4v) is 1.81. The van der Waals surface area contributed by atoms with Crippen molar-refractivity contribution in [2.75, 3.05) is 11.2 Å². The van der Waals surface area contributed by atoms with Crippen LogP contribution in [0.3, 0.4) is 0 Å². The molecule has 0 bridgehead atoms. The standard InChI is InChI=1S/C8H7ClN2O5S/c9-1-4(12)11-8-10-3(2-17-8)5(6(13)14)7(15)16/h2,5H,1H2,(H,13,14)(H,15,16)(H,10,11,12). The van der Waals surface area contributed by atoms with Gasteiger partial charge in [-0.25, -0.2) is 4.98 Å². The van der Waals surface area contributed by atoms with Crippen molar-refractivity contribution in [3.05, 3.63) is 11.1 Å². The zero-order valence-electron chi connectivity index (χ0n) is 8.21. The predicted octanol–water partition coefficient (Wildman–Crippen LogP) is 0.573. The van der Waals surface area contributed by atoms with Crippen molar-refractivity contribution < 1.29 is 24.6 Å². The van der Waals surface area contributed by atoms with Crippen molar-refractivity contribution >= 4 is 45.9 Å². The Labute approximate surface area is 104 Å². The van der Waals surface area contributed by atoms with Crippen LogP contribution in [0, 0.1) is 0 Å². The van der Waals surface area contributed by atoms with Gasteiger partial charge in [-0.15, -0.1) is 22.9 Å². The minimum absolute atomic E-state index is 0.109. The van der Waals surface area contributed by atoms with Crippen LogP contribution >= 0.6 is 22.9 Å². The molecule has 1 aromatic rings. The molecule has 0 radical (unpaired) electrons. The number of carbonyl (C=O) groups is 3. The molecule has 0 aliphatic heterocycles. The summed E-state index contributed by atoms with van der Waals surface area (Å²) < 4.78 is 0. The molecule has 0 saturated carbocycles. The number of halogens is 1. The van der Waals surface area contributed by atoms with Gasteiger partial charge in [0.25, 0.3) is 0 Å². The van der Waals surface area contributed by atoms with E-state index in [9.17, 15) is 14.4 Å². The highest BCUT2D eigenvalue weighted by Crippen LogP contribution is 2.22. The molecule has 0 unspecified atom stereocenters. The van der Waals surface area contributed by atoms with Gasteiger partial charge in [0, 0.05) is 5.38 Å². The summed E-state index contributed by atoms with van der Waals surface area (Å²) in [7, 11) is 0. The van der Waals surface area contributed by atoms with E-state index in [1.54, 1.807) is 0 Å². The summed E-state index contributed by atoms with van der Waals surface area (Å²) in [6.07, 6.45) is 0. The molecule has 0 atom stereocenters. The third-order valence-corrected chi connectivity index (χ3v) is 2.70. The molecule has 1 rings (SSSR count). The average molecular weight is 279 g/mol. The number of amides is 1. The maximum absolute atomic E-state index is 10.9. The molecule has 0 saturated heterocycles. The van der Waals surface area contributed by atoms with Crippen LogP contribution in [0.25, 0.3) is 0 Å². The largest absolute Gasteiger partial charge is 0.480 e. The van der Waals surface area contributed by atoms with Crippen LogP contribution in [-0.2, 0) is 14.4 Å². The summed E-state index contributed by atoms with van der Waals surface area (Å²) >= 11 is 6.18. The van der Waals surface area contributed by atoms with Gasteiger partial charge in [0.2, 0.25) is 5.91 Å². The normalized spacial score (nSPS) is 10.2. The first-order valence-electron chi connectivity index (χ1n) is 4.22. The van der Waals surface area contributed by atoms with Crippen LogP contribution in [0.15, 0.2) is 5.38 Å². The highest BCUT2D eigenvalue weighted by Gasteiger charge is 2.30. The zero-order valence-corrected chi connectivity index (χ0v) is 9.79. The second kappa shape index (κ2) is 5.60. The number of nitrogens with one attached hydrogen (secondary N) is 1. The summed E-state index contributed by atoms with van der Waals surface area (Å²) in [5, 5.41) is 21.1. The maximum Gasteiger partial charge on any atom is 0.324 e. The fourth-order valence-electron chi connectivity index (χ4n) is 0.987. The topological polar surface area (TPSA) is 117 Å². The minimum atomic E-state index is -1.74. The second-order valence-electron chi connectivity index (χ2n) is 2.87. The molecule has 1 heterocycles. The molecular weight excluding hydrogens is 272 g/mol. The molecule has 92 valence electrons. The lowest BCUT2D eigenvalue weighted by atomic mass is 10.1. The first-order chi connectivity index (χ1) is 7.95. The number of carbonyl (C=O) groups excluding carboxylic acids is 1. The molecular formula is C8H7ClN2O5S. The molecule has 0 fully saturated rings. The summed E-state index contributed by atoms with van der Waals surface area (Å²) in [5.74, 6) is -5.55. The van der Waals surface area contributed by atoms with Crippen molar-refractivity contribution in [3.8, 4) is 0 Å². The van der Waals surface area contributed by atoms with Crippen LogP contribution < -0.4 is 5.32 Å². The van der Waals surface area contributed by atoms with E-state index in [0.717, 1.165) is 11.3 Å². The Balaban J connectivity index is 2.89. The molecule has 1 aromatic heterocycles. The van der Waals surface area contributed by atoms with Crippen LogP contribution in [0.2, 0.25) is 0 Å². The van der Waals surface area contributed by atoms with E-state index in [2.05, 4.69) is 10.3 Å². The van der Waals surface area contributed by atoms with Crippen molar-refractivity contribution in [2.24, 2.45) is 0 Å². The van der Waals surface area contributed by atoms with E-state index in [0.29, 0.717) is 0 Å². The molecule has 0 aliphatic rings. The van der Waals surface area contributed by atoms with Gasteiger partial charge in [0.15, 0.2) is 11.0 Å². The Bertz CT molecular complexity index is 447. The zero-order chi connectivity index (χ0) is 13.0. The molecule has 0 spiro atoms. The minimum Gasteiger partial charge on any atom is -0.480 e. The number of anilines is 1. The Morgan fingerprint density at radius 1 is 1.41 bits per heavy atom. The van der Waals surface area contributed by atoms with Gasteiger partial charge < -0.3 is 15.5 Å². The van der Waals surface area contributed by atoms with Gasteiger partial charge in [-0.05, 0) is 0 Å². The number of carboxylic acids is 2. The Morgan fingerprint density at radius 3 is 2.47 bits per heavy atom. The Kier molecular flexibility index (Phi) is 4.41.